The van der Waals surface area contributed by atoms with E-state index in [1.54, 1.807) is 35.5 Å². The second-order valence-electron chi connectivity index (χ2n) is 10.7. The average Bonchev–Trinajstić information content (AvgIpc) is 3.28. The summed E-state index contributed by atoms with van der Waals surface area (Å²) in [6, 6.07) is 19.1. The molecule has 1 aliphatic heterocycles. The minimum Gasteiger partial charge on any atom is -0.491 e. The van der Waals surface area contributed by atoms with Gasteiger partial charge < -0.3 is 29.8 Å². The van der Waals surface area contributed by atoms with E-state index >= 15 is 0 Å². The molecule has 5 rings (SSSR count). The molecular weight excluding hydrogens is 496 g/mol. The van der Waals surface area contributed by atoms with Gasteiger partial charge in [0.1, 0.15) is 30.8 Å². The van der Waals surface area contributed by atoms with Gasteiger partial charge in [0.15, 0.2) is 0 Å². The third-order valence-corrected chi connectivity index (χ3v) is 6.81. The predicted molar refractivity (Wildman–Crippen MR) is 148 cm³/mol. The maximum absolute atomic E-state index is 13.4. The average molecular weight is 529 g/mol. The van der Waals surface area contributed by atoms with Crippen LogP contribution in [0.3, 0.4) is 0 Å². The van der Waals surface area contributed by atoms with Gasteiger partial charge in [0.2, 0.25) is 0 Å². The quantitative estimate of drug-likeness (QED) is 0.357. The number of hydrogen-bond acceptors (Lipinski definition) is 6. The van der Waals surface area contributed by atoms with E-state index in [1.165, 1.54) is 0 Å². The maximum atomic E-state index is 13.4. The van der Waals surface area contributed by atoms with Crippen molar-refractivity contribution in [2.24, 2.45) is 11.1 Å². The standard InChI is InChI=1S/C30H32N4O5/c1-30(2,3)27(39-29(31)36)17-38-23-8-4-19(5-9-23)28(35)34-12-13-37-26-11-7-20(14-22(26)16-34)21-6-10-24-25(15-21)33-18-32-24/h4-11,14-15,18,27H,12-13,16-17H2,1-3H3,(H2,31,36)(H,32,33). The smallest absolute Gasteiger partial charge is 0.404 e. The van der Waals surface area contributed by atoms with Crippen LogP contribution in [0.4, 0.5) is 4.79 Å². The van der Waals surface area contributed by atoms with Gasteiger partial charge in [0.05, 0.1) is 23.9 Å². The van der Waals surface area contributed by atoms with Crippen molar-refractivity contribution in [3.63, 3.8) is 0 Å². The Morgan fingerprint density at radius 2 is 1.82 bits per heavy atom. The lowest BCUT2D eigenvalue weighted by Crippen LogP contribution is -2.38. The normalized spacial score (nSPS) is 14.2. The van der Waals surface area contributed by atoms with Crippen LogP contribution in [-0.2, 0) is 11.3 Å². The highest BCUT2D eigenvalue weighted by Gasteiger charge is 2.29. The molecule has 9 nitrogen and oxygen atoms in total. The maximum Gasteiger partial charge on any atom is 0.404 e. The molecule has 0 spiro atoms. The number of benzene rings is 3. The first-order valence-electron chi connectivity index (χ1n) is 12.8. The van der Waals surface area contributed by atoms with Crippen molar-refractivity contribution in [1.82, 2.24) is 14.9 Å². The summed E-state index contributed by atoms with van der Waals surface area (Å²) in [5.41, 5.74) is 10.3. The van der Waals surface area contributed by atoms with E-state index in [1.807, 2.05) is 45.0 Å². The Labute approximate surface area is 226 Å². The van der Waals surface area contributed by atoms with Crippen LogP contribution in [0.5, 0.6) is 11.5 Å². The van der Waals surface area contributed by atoms with Crippen molar-refractivity contribution in [3.05, 3.63) is 78.1 Å². The minimum atomic E-state index is -0.839. The van der Waals surface area contributed by atoms with E-state index in [4.69, 9.17) is 19.9 Å². The number of fused-ring (bicyclic) bond motifs is 2. The second kappa shape index (κ2) is 10.7. The molecule has 0 bridgehead atoms. The Morgan fingerprint density at radius 1 is 1.08 bits per heavy atom. The van der Waals surface area contributed by atoms with Crippen molar-refractivity contribution in [1.29, 1.82) is 0 Å². The molecule has 0 saturated heterocycles. The summed E-state index contributed by atoms with van der Waals surface area (Å²) in [6.07, 6.45) is 0.330. The lowest BCUT2D eigenvalue weighted by atomic mass is 9.89. The Bertz CT molecular complexity index is 1490. The Hall–Kier alpha value is -4.53. The number of nitrogens with zero attached hydrogens (tertiary/aromatic N) is 2. The number of imidazole rings is 1. The van der Waals surface area contributed by atoms with Gasteiger partial charge in [-0.2, -0.15) is 0 Å². The molecule has 0 fully saturated rings. The van der Waals surface area contributed by atoms with E-state index in [-0.39, 0.29) is 17.9 Å². The monoisotopic (exact) mass is 528 g/mol. The molecule has 2 amide bonds. The fourth-order valence-electron chi connectivity index (χ4n) is 4.51. The Balaban J connectivity index is 1.28. The molecule has 0 radical (unpaired) electrons. The number of ether oxygens (including phenoxy) is 3. The van der Waals surface area contributed by atoms with Gasteiger partial charge in [0.25, 0.3) is 5.91 Å². The summed E-state index contributed by atoms with van der Waals surface area (Å²) < 4.78 is 17.0. The zero-order valence-corrected chi connectivity index (χ0v) is 22.3. The van der Waals surface area contributed by atoms with Crippen LogP contribution in [0.15, 0.2) is 67.0 Å². The third-order valence-electron chi connectivity index (χ3n) is 6.81. The third kappa shape index (κ3) is 5.98. The van der Waals surface area contributed by atoms with E-state index in [0.29, 0.717) is 31.0 Å². The van der Waals surface area contributed by atoms with Crippen molar-refractivity contribution < 1.29 is 23.8 Å². The fraction of sp³-hybridized carbons (Fsp3) is 0.300. The highest BCUT2D eigenvalue weighted by molar-refractivity contribution is 5.94. The van der Waals surface area contributed by atoms with Crippen molar-refractivity contribution in [2.75, 3.05) is 19.8 Å². The van der Waals surface area contributed by atoms with Crippen LogP contribution in [0, 0.1) is 5.41 Å². The molecule has 9 heteroatoms. The summed E-state index contributed by atoms with van der Waals surface area (Å²) in [4.78, 5) is 33.9. The summed E-state index contributed by atoms with van der Waals surface area (Å²) >= 11 is 0. The molecule has 1 atom stereocenters. The van der Waals surface area contributed by atoms with Crippen LogP contribution in [0.1, 0.15) is 36.7 Å². The van der Waals surface area contributed by atoms with Crippen molar-refractivity contribution in [2.45, 2.75) is 33.4 Å². The zero-order valence-electron chi connectivity index (χ0n) is 22.3. The first kappa shape index (κ1) is 26.1. The summed E-state index contributed by atoms with van der Waals surface area (Å²) in [7, 11) is 0. The first-order valence-corrected chi connectivity index (χ1v) is 12.8. The number of primary amides is 1. The van der Waals surface area contributed by atoms with Gasteiger partial charge >= 0.3 is 6.09 Å². The van der Waals surface area contributed by atoms with Gasteiger partial charge in [-0.1, -0.05) is 32.9 Å². The topological polar surface area (TPSA) is 120 Å². The summed E-state index contributed by atoms with van der Waals surface area (Å²) in [6.45, 7) is 7.28. The molecule has 0 aliphatic carbocycles. The summed E-state index contributed by atoms with van der Waals surface area (Å²) in [5.74, 6) is 1.26. The van der Waals surface area contributed by atoms with Crippen LogP contribution in [0.25, 0.3) is 22.2 Å². The highest BCUT2D eigenvalue weighted by atomic mass is 16.6. The van der Waals surface area contributed by atoms with E-state index in [9.17, 15) is 9.59 Å². The molecular formula is C30H32N4O5. The molecule has 1 unspecified atom stereocenters. The number of rotatable bonds is 6. The lowest BCUT2D eigenvalue weighted by Gasteiger charge is -2.29. The Kier molecular flexibility index (Phi) is 7.15. The van der Waals surface area contributed by atoms with Gasteiger partial charge in [0, 0.05) is 23.1 Å². The predicted octanol–water partition coefficient (Wildman–Crippen LogP) is 5.15. The highest BCUT2D eigenvalue weighted by Crippen LogP contribution is 2.31. The molecule has 2 heterocycles. The second-order valence-corrected chi connectivity index (χ2v) is 10.7. The molecule has 3 aromatic carbocycles. The van der Waals surface area contributed by atoms with Crippen LogP contribution >= 0.6 is 0 Å². The van der Waals surface area contributed by atoms with Gasteiger partial charge in [-0.25, -0.2) is 9.78 Å². The number of carbonyl (C=O) groups is 2. The number of aromatic amines is 1. The Morgan fingerprint density at radius 3 is 2.56 bits per heavy atom. The first-order chi connectivity index (χ1) is 18.7. The molecule has 4 aromatic rings. The molecule has 39 heavy (non-hydrogen) atoms. The lowest BCUT2D eigenvalue weighted by molar-refractivity contribution is 0.00579. The van der Waals surface area contributed by atoms with Crippen molar-refractivity contribution in [3.8, 4) is 22.6 Å². The molecule has 1 aliphatic rings. The van der Waals surface area contributed by atoms with Gasteiger partial charge in [-0.15, -0.1) is 0 Å². The van der Waals surface area contributed by atoms with Gasteiger partial charge in [-0.05, 0) is 59.7 Å². The fourth-order valence-corrected chi connectivity index (χ4v) is 4.51. The number of nitrogens with two attached hydrogens (primary N) is 1. The number of amides is 2. The van der Waals surface area contributed by atoms with E-state index < -0.39 is 12.2 Å². The summed E-state index contributed by atoms with van der Waals surface area (Å²) in [5, 5.41) is 0. The zero-order chi connectivity index (χ0) is 27.6. The molecule has 202 valence electrons. The number of aromatic nitrogens is 2. The number of hydrogen-bond donors (Lipinski definition) is 2. The largest absolute Gasteiger partial charge is 0.491 e. The minimum absolute atomic E-state index is 0.0908. The molecule has 0 saturated carbocycles. The van der Waals surface area contributed by atoms with Crippen LogP contribution < -0.4 is 15.2 Å². The van der Waals surface area contributed by atoms with E-state index in [2.05, 4.69) is 22.1 Å². The SMILES string of the molecule is CC(C)(C)C(COc1ccc(C(=O)N2CCOc3ccc(-c4ccc5nc[nH]c5c4)cc3C2)cc1)OC(N)=O. The van der Waals surface area contributed by atoms with Gasteiger partial charge in [-0.3, -0.25) is 4.79 Å². The molecule has 1 aromatic heterocycles. The number of nitrogens with one attached hydrogen (secondary N) is 1. The number of H-pyrrole nitrogens is 1. The van der Waals surface area contributed by atoms with Crippen molar-refractivity contribution >= 4 is 23.0 Å². The molecule has 3 N–H and O–H groups in total. The number of carbonyl (C=O) groups excluding carboxylic acids is 2. The van der Waals surface area contributed by atoms with Crippen LogP contribution in [0.2, 0.25) is 0 Å². The van der Waals surface area contributed by atoms with E-state index in [0.717, 1.165) is 33.5 Å². The van der Waals surface area contributed by atoms with Crippen LogP contribution in [-0.4, -0.2) is 52.7 Å².